The van der Waals surface area contributed by atoms with Crippen molar-refractivity contribution in [1.82, 2.24) is 15.0 Å². The molecule has 3 atom stereocenters. The van der Waals surface area contributed by atoms with Crippen LogP contribution >= 0.6 is 11.6 Å². The highest BCUT2D eigenvalue weighted by Gasteiger charge is 2.44. The van der Waals surface area contributed by atoms with Crippen molar-refractivity contribution in [2.75, 3.05) is 18.4 Å². The van der Waals surface area contributed by atoms with Crippen molar-refractivity contribution in [2.45, 2.75) is 36.1 Å². The molecule has 3 aromatic rings. The molecule has 0 bridgehead atoms. The monoisotopic (exact) mass is 484 g/mol. The summed E-state index contributed by atoms with van der Waals surface area (Å²) < 4.78 is 28.1. The highest BCUT2D eigenvalue weighted by Crippen LogP contribution is 2.48. The molecule has 1 saturated carbocycles. The van der Waals surface area contributed by atoms with Crippen molar-refractivity contribution < 1.29 is 13.2 Å². The minimum Gasteiger partial charge on any atom is -0.326 e. The summed E-state index contributed by atoms with van der Waals surface area (Å²) in [5.41, 5.74) is 1.66. The number of sulfonamides is 1. The predicted molar refractivity (Wildman–Crippen MR) is 129 cm³/mol. The lowest BCUT2D eigenvalue weighted by molar-refractivity contribution is -0.117. The van der Waals surface area contributed by atoms with Gasteiger partial charge in [0.1, 0.15) is 0 Å². The van der Waals surface area contributed by atoms with Gasteiger partial charge in [0.05, 0.1) is 9.92 Å². The molecule has 3 N–H and O–H groups in total. The third-order valence-electron chi connectivity index (χ3n) is 6.34. The van der Waals surface area contributed by atoms with Crippen LogP contribution in [-0.4, -0.2) is 38.4 Å². The van der Waals surface area contributed by atoms with E-state index >= 15 is 0 Å². The first-order valence-corrected chi connectivity index (χ1v) is 12.9. The molecule has 0 spiro atoms. The van der Waals surface area contributed by atoms with Gasteiger partial charge in [0.2, 0.25) is 15.9 Å². The van der Waals surface area contributed by atoms with Gasteiger partial charge in [0.15, 0.2) is 0 Å². The van der Waals surface area contributed by atoms with Crippen molar-refractivity contribution in [3.63, 3.8) is 0 Å². The van der Waals surface area contributed by atoms with E-state index in [-0.39, 0.29) is 28.7 Å². The number of nitrogens with zero attached hydrogens (tertiary/aromatic N) is 1. The quantitative estimate of drug-likeness (QED) is 0.495. The van der Waals surface area contributed by atoms with Crippen LogP contribution in [0.15, 0.2) is 59.8 Å². The van der Waals surface area contributed by atoms with E-state index in [2.05, 4.69) is 20.3 Å². The number of hydrogen-bond acceptors (Lipinski definition) is 5. The van der Waals surface area contributed by atoms with Crippen LogP contribution in [0.25, 0.3) is 10.8 Å². The molecule has 3 unspecified atom stereocenters. The zero-order chi connectivity index (χ0) is 23.0. The first-order chi connectivity index (χ1) is 15.9. The molecule has 1 saturated heterocycles. The number of aromatic nitrogens is 1. The van der Waals surface area contributed by atoms with E-state index in [0.29, 0.717) is 17.3 Å². The highest BCUT2D eigenvalue weighted by molar-refractivity contribution is 7.89. The third-order valence-corrected chi connectivity index (χ3v) is 8.18. The van der Waals surface area contributed by atoms with Crippen LogP contribution in [0.3, 0.4) is 0 Å². The average Bonchev–Trinajstić information content (AvgIpc) is 3.61. The Hall–Kier alpha value is -2.52. The molecule has 5 rings (SSSR count). The molecule has 0 radical (unpaired) electrons. The number of amides is 1. The number of pyridine rings is 1. The Bertz CT molecular complexity index is 1290. The maximum atomic E-state index is 12.8. The Morgan fingerprint density at radius 2 is 1.94 bits per heavy atom. The molecule has 1 aliphatic heterocycles. The number of halogens is 1. The van der Waals surface area contributed by atoms with E-state index in [1.54, 1.807) is 24.5 Å². The third kappa shape index (κ3) is 4.89. The number of carbonyl (C=O) groups excluding carboxylic acids is 1. The van der Waals surface area contributed by atoms with E-state index in [1.165, 1.54) is 0 Å². The molecular weight excluding hydrogens is 460 g/mol. The number of fused-ring (bicyclic) bond motifs is 1. The van der Waals surface area contributed by atoms with Crippen molar-refractivity contribution in [3.8, 4) is 0 Å². The molecule has 1 amide bonds. The van der Waals surface area contributed by atoms with Gasteiger partial charge in [-0.2, -0.15) is 0 Å². The lowest BCUT2D eigenvalue weighted by atomic mass is 10.1. The number of carbonyl (C=O) groups is 1. The van der Waals surface area contributed by atoms with Gasteiger partial charge in [0.25, 0.3) is 0 Å². The van der Waals surface area contributed by atoms with Crippen molar-refractivity contribution in [1.29, 1.82) is 0 Å². The highest BCUT2D eigenvalue weighted by atomic mass is 35.5. The van der Waals surface area contributed by atoms with Crippen LogP contribution in [-0.2, 0) is 14.8 Å². The van der Waals surface area contributed by atoms with Gasteiger partial charge in [-0.15, -0.1) is 0 Å². The molecule has 33 heavy (non-hydrogen) atoms. The number of benzene rings is 2. The van der Waals surface area contributed by atoms with Crippen LogP contribution < -0.4 is 15.4 Å². The van der Waals surface area contributed by atoms with Gasteiger partial charge in [-0.3, -0.25) is 9.78 Å². The zero-order valence-corrected chi connectivity index (χ0v) is 19.5. The van der Waals surface area contributed by atoms with Crippen LogP contribution in [0, 0.1) is 5.92 Å². The molecule has 2 heterocycles. The first-order valence-electron chi connectivity index (χ1n) is 11.1. The van der Waals surface area contributed by atoms with Crippen LogP contribution in [0.1, 0.15) is 30.7 Å². The SMILES string of the molecule is O=C(Nc1ccc2cncc(Cl)c2c1)C1CC1c1ccc(S(=O)(=O)NC2CCCNC2)cc1. The lowest BCUT2D eigenvalue weighted by Crippen LogP contribution is -2.45. The second-order valence-electron chi connectivity index (χ2n) is 8.73. The predicted octanol–water partition coefficient (Wildman–Crippen LogP) is 3.66. The summed E-state index contributed by atoms with van der Waals surface area (Å²) >= 11 is 6.22. The zero-order valence-electron chi connectivity index (χ0n) is 17.9. The summed E-state index contributed by atoms with van der Waals surface area (Å²) in [6, 6.07) is 12.4. The summed E-state index contributed by atoms with van der Waals surface area (Å²) in [5.74, 6) is -0.0966. The largest absolute Gasteiger partial charge is 0.326 e. The van der Waals surface area contributed by atoms with Gasteiger partial charge in [0, 0.05) is 47.4 Å². The average molecular weight is 485 g/mol. The Morgan fingerprint density at radius 1 is 1.12 bits per heavy atom. The minimum atomic E-state index is -3.56. The second-order valence-corrected chi connectivity index (χ2v) is 10.8. The van der Waals surface area contributed by atoms with Gasteiger partial charge in [-0.1, -0.05) is 29.8 Å². The molecule has 7 nitrogen and oxygen atoms in total. The molecular formula is C24H25ClN4O3S. The van der Waals surface area contributed by atoms with Crippen molar-refractivity contribution in [2.24, 2.45) is 5.92 Å². The second kappa shape index (κ2) is 9.02. The molecule has 9 heteroatoms. The van der Waals surface area contributed by atoms with Crippen molar-refractivity contribution in [3.05, 3.63) is 65.4 Å². The molecule has 2 aromatic carbocycles. The van der Waals surface area contributed by atoms with E-state index < -0.39 is 10.0 Å². The fraction of sp³-hybridized carbons (Fsp3) is 0.333. The first kappa shape index (κ1) is 22.3. The fourth-order valence-corrected chi connectivity index (χ4v) is 5.92. The van der Waals surface area contributed by atoms with Gasteiger partial charge in [-0.05, 0) is 61.6 Å². The standard InChI is InChI=1S/C24H25ClN4O3S/c25-23-14-27-12-16-3-6-17(10-21(16)23)28-24(30)22-11-20(22)15-4-7-19(8-5-15)33(31,32)29-18-2-1-9-26-13-18/h3-8,10,12,14,18,20,22,26,29H,1-2,9,11,13H2,(H,28,30). The summed E-state index contributed by atoms with van der Waals surface area (Å²) in [6.07, 6.45) is 5.85. The van der Waals surface area contributed by atoms with E-state index in [9.17, 15) is 13.2 Å². The molecule has 2 aliphatic rings. The fourth-order valence-electron chi connectivity index (χ4n) is 4.43. The Morgan fingerprint density at radius 3 is 2.70 bits per heavy atom. The number of anilines is 1. The summed E-state index contributed by atoms with van der Waals surface area (Å²) in [7, 11) is -3.56. The van der Waals surface area contributed by atoms with Crippen LogP contribution in [0.4, 0.5) is 5.69 Å². The summed E-state index contributed by atoms with van der Waals surface area (Å²) in [4.78, 5) is 17.1. The number of nitrogens with one attached hydrogen (secondary N) is 3. The maximum absolute atomic E-state index is 12.8. The molecule has 172 valence electrons. The Labute approximate surface area is 198 Å². The van der Waals surface area contributed by atoms with Gasteiger partial charge >= 0.3 is 0 Å². The lowest BCUT2D eigenvalue weighted by Gasteiger charge is -2.23. The smallest absolute Gasteiger partial charge is 0.240 e. The van der Waals surface area contributed by atoms with Crippen molar-refractivity contribution >= 4 is 44.0 Å². The summed E-state index contributed by atoms with van der Waals surface area (Å²) in [5, 5.41) is 8.47. The summed E-state index contributed by atoms with van der Waals surface area (Å²) in [6.45, 7) is 1.58. The Balaban J connectivity index is 1.22. The Kier molecular flexibility index (Phi) is 6.09. The maximum Gasteiger partial charge on any atom is 0.240 e. The topological polar surface area (TPSA) is 100 Å². The number of hydrogen-bond donors (Lipinski definition) is 3. The molecule has 1 aromatic heterocycles. The number of piperidine rings is 1. The van der Waals surface area contributed by atoms with Gasteiger partial charge < -0.3 is 10.6 Å². The van der Waals surface area contributed by atoms with E-state index in [4.69, 9.17) is 11.6 Å². The van der Waals surface area contributed by atoms with E-state index in [1.807, 2.05) is 30.3 Å². The molecule has 1 aliphatic carbocycles. The normalized spacial score (nSPS) is 22.8. The molecule has 2 fully saturated rings. The van der Waals surface area contributed by atoms with Crippen LogP contribution in [0.2, 0.25) is 5.02 Å². The van der Waals surface area contributed by atoms with E-state index in [0.717, 1.165) is 42.1 Å². The minimum absolute atomic E-state index is 0.0484. The number of rotatable bonds is 6. The van der Waals surface area contributed by atoms with Crippen LogP contribution in [0.5, 0.6) is 0 Å². The van der Waals surface area contributed by atoms with Gasteiger partial charge in [-0.25, -0.2) is 13.1 Å².